The lowest BCUT2D eigenvalue weighted by Gasteiger charge is -2.67. The molecule has 0 spiro atoms. The van der Waals surface area contributed by atoms with E-state index < -0.39 is 45.6 Å². The maximum Gasteiger partial charge on any atom is 0.310 e. The van der Waals surface area contributed by atoms with Gasteiger partial charge in [0.25, 0.3) is 0 Å². The van der Waals surface area contributed by atoms with Crippen molar-refractivity contribution in [3.05, 3.63) is 11.6 Å². The van der Waals surface area contributed by atoms with Crippen LogP contribution in [0.25, 0.3) is 0 Å². The van der Waals surface area contributed by atoms with Crippen LogP contribution in [0.2, 0.25) is 0 Å². The standard InChI is InChI=1S/C29H40O7/c1-25(2)20(31)10-11-26(3)19-7-6-15-16(27(19,4)14-18(30)22(25)26)8-12-29(24(34)35)13-9-17(23(32)33)28(5,36)21(15)29/h6,16-17,19,21-22,36H,7-14H2,1-5H3,(H,32,33)(H,34,35)/t16-,17-,19+,21+,22+,26+,27-,28+,29+/m0/s1. The molecule has 0 aromatic rings. The van der Waals surface area contributed by atoms with Gasteiger partial charge < -0.3 is 15.3 Å². The highest BCUT2D eigenvalue weighted by molar-refractivity contribution is 5.95. The van der Waals surface area contributed by atoms with E-state index in [4.69, 9.17) is 0 Å². The number of allylic oxidation sites excluding steroid dienone is 1. The molecular weight excluding hydrogens is 460 g/mol. The number of carbonyl (C=O) groups excluding carboxylic acids is 2. The minimum absolute atomic E-state index is 0.102. The Morgan fingerprint density at radius 1 is 0.917 bits per heavy atom. The molecule has 0 bridgehead atoms. The van der Waals surface area contributed by atoms with Gasteiger partial charge in [-0.05, 0) is 68.1 Å². The maximum atomic E-state index is 13.9. The number of carboxylic acids is 2. The Hall–Kier alpha value is -2.02. The zero-order valence-corrected chi connectivity index (χ0v) is 22.1. The number of carboxylic acid groups (broad SMARTS) is 2. The highest BCUT2D eigenvalue weighted by Crippen LogP contribution is 2.71. The molecule has 0 aromatic carbocycles. The molecule has 4 fully saturated rings. The summed E-state index contributed by atoms with van der Waals surface area (Å²) in [5, 5.41) is 32.0. The first-order valence-corrected chi connectivity index (χ1v) is 13.5. The summed E-state index contributed by atoms with van der Waals surface area (Å²) in [6.07, 6.45) is 5.51. The van der Waals surface area contributed by atoms with Gasteiger partial charge in [0.05, 0.1) is 16.9 Å². The molecule has 198 valence electrons. The van der Waals surface area contributed by atoms with Gasteiger partial charge in [0.1, 0.15) is 11.6 Å². The van der Waals surface area contributed by atoms with E-state index in [1.165, 1.54) is 6.92 Å². The number of hydrogen-bond acceptors (Lipinski definition) is 5. The minimum Gasteiger partial charge on any atom is -0.481 e. The second kappa shape index (κ2) is 7.52. The Morgan fingerprint density at radius 2 is 1.56 bits per heavy atom. The third kappa shape index (κ3) is 2.95. The first kappa shape index (κ1) is 25.6. The summed E-state index contributed by atoms with van der Waals surface area (Å²) in [5.41, 5.74) is -3.54. The van der Waals surface area contributed by atoms with Gasteiger partial charge in [-0.1, -0.05) is 39.3 Å². The molecule has 7 nitrogen and oxygen atoms in total. The molecule has 5 aliphatic carbocycles. The first-order chi connectivity index (χ1) is 16.5. The van der Waals surface area contributed by atoms with Crippen molar-refractivity contribution in [2.24, 2.45) is 51.2 Å². The fourth-order valence-corrected chi connectivity index (χ4v) is 10.5. The smallest absolute Gasteiger partial charge is 0.310 e. The van der Waals surface area contributed by atoms with Crippen LogP contribution in [0, 0.1) is 51.2 Å². The van der Waals surface area contributed by atoms with Crippen molar-refractivity contribution in [2.45, 2.75) is 91.6 Å². The zero-order chi connectivity index (χ0) is 26.6. The fourth-order valence-electron chi connectivity index (χ4n) is 10.5. The van der Waals surface area contributed by atoms with Crippen LogP contribution in [-0.2, 0) is 19.2 Å². The van der Waals surface area contributed by atoms with Crippen molar-refractivity contribution in [3.8, 4) is 0 Å². The lowest BCUT2D eigenvalue weighted by molar-refractivity contribution is -0.199. The van der Waals surface area contributed by atoms with Crippen LogP contribution >= 0.6 is 0 Å². The largest absolute Gasteiger partial charge is 0.481 e. The van der Waals surface area contributed by atoms with Crippen molar-refractivity contribution in [2.75, 3.05) is 0 Å². The third-order valence-corrected chi connectivity index (χ3v) is 11.9. The number of Topliss-reactive ketones (excluding diaryl/α,β-unsaturated/α-hetero) is 2. The zero-order valence-electron chi connectivity index (χ0n) is 22.1. The van der Waals surface area contributed by atoms with E-state index in [2.05, 4.69) is 19.9 Å². The van der Waals surface area contributed by atoms with Crippen LogP contribution in [0.1, 0.15) is 86.0 Å². The van der Waals surface area contributed by atoms with Gasteiger partial charge in [-0.2, -0.15) is 0 Å². The van der Waals surface area contributed by atoms with E-state index >= 15 is 0 Å². The van der Waals surface area contributed by atoms with E-state index in [1.54, 1.807) is 0 Å². The van der Waals surface area contributed by atoms with Gasteiger partial charge in [-0.3, -0.25) is 19.2 Å². The van der Waals surface area contributed by atoms with Crippen LogP contribution in [0.5, 0.6) is 0 Å². The van der Waals surface area contributed by atoms with Crippen molar-refractivity contribution >= 4 is 23.5 Å². The van der Waals surface area contributed by atoms with Crippen molar-refractivity contribution < 1.29 is 34.5 Å². The number of ketones is 2. The topological polar surface area (TPSA) is 129 Å². The molecule has 0 unspecified atom stereocenters. The molecule has 7 heteroatoms. The summed E-state index contributed by atoms with van der Waals surface area (Å²) >= 11 is 0. The van der Waals surface area contributed by atoms with E-state index in [0.29, 0.717) is 38.5 Å². The normalized spacial score (nSPS) is 49.6. The molecule has 3 N–H and O–H groups in total. The van der Waals surface area contributed by atoms with E-state index in [9.17, 15) is 34.5 Å². The minimum atomic E-state index is -1.71. The molecule has 4 saturated carbocycles. The third-order valence-electron chi connectivity index (χ3n) is 11.9. The van der Waals surface area contributed by atoms with Gasteiger partial charge in [-0.25, -0.2) is 0 Å². The molecule has 5 rings (SSSR count). The summed E-state index contributed by atoms with van der Waals surface area (Å²) in [6.45, 7) is 9.65. The Labute approximate surface area is 212 Å². The number of fused-ring (bicyclic) bond motifs is 7. The number of aliphatic carboxylic acids is 2. The van der Waals surface area contributed by atoms with Crippen molar-refractivity contribution in [1.29, 1.82) is 0 Å². The maximum absolute atomic E-state index is 13.9. The SMILES string of the molecule is CC1(C)C(=O)CC[C@]2(C)[C@H]3CC=C4[C@H]5[C@](C(=O)O)(CC[C@@H](C(=O)O)[C@@]5(C)O)CC[C@@H]4[C@]3(C)CC(=O)[C@H]12. The second-order valence-electron chi connectivity index (χ2n) is 13.9. The molecule has 5 aliphatic rings. The Balaban J connectivity index is 1.64. The fraction of sp³-hybridized carbons (Fsp3) is 0.793. The summed E-state index contributed by atoms with van der Waals surface area (Å²) < 4.78 is 0. The summed E-state index contributed by atoms with van der Waals surface area (Å²) in [7, 11) is 0. The van der Waals surface area contributed by atoms with Gasteiger partial charge in [0.15, 0.2) is 0 Å². The van der Waals surface area contributed by atoms with Gasteiger partial charge in [-0.15, -0.1) is 0 Å². The molecule has 9 atom stereocenters. The average molecular weight is 501 g/mol. The lowest BCUT2D eigenvalue weighted by atomic mass is 9.36. The van der Waals surface area contributed by atoms with Gasteiger partial charge in [0.2, 0.25) is 0 Å². The Morgan fingerprint density at radius 3 is 2.17 bits per heavy atom. The van der Waals surface area contributed by atoms with Crippen LogP contribution in [-0.4, -0.2) is 44.4 Å². The molecule has 0 saturated heterocycles. The van der Waals surface area contributed by atoms with E-state index in [1.807, 2.05) is 13.8 Å². The number of aliphatic hydroxyl groups is 1. The molecule has 0 aromatic heterocycles. The van der Waals surface area contributed by atoms with E-state index in [-0.39, 0.29) is 47.6 Å². The molecule has 0 radical (unpaired) electrons. The van der Waals surface area contributed by atoms with Crippen LogP contribution in [0.3, 0.4) is 0 Å². The number of rotatable bonds is 2. The lowest BCUT2D eigenvalue weighted by Crippen LogP contribution is -2.67. The van der Waals surface area contributed by atoms with Crippen LogP contribution < -0.4 is 0 Å². The predicted octanol–water partition coefficient (Wildman–Crippen LogP) is 4.27. The summed E-state index contributed by atoms with van der Waals surface area (Å²) in [4.78, 5) is 51.5. The van der Waals surface area contributed by atoms with Crippen LogP contribution in [0.4, 0.5) is 0 Å². The first-order valence-electron chi connectivity index (χ1n) is 13.5. The number of carbonyl (C=O) groups is 4. The Bertz CT molecular complexity index is 1090. The molecule has 0 heterocycles. The highest BCUT2D eigenvalue weighted by atomic mass is 16.4. The van der Waals surface area contributed by atoms with Crippen molar-refractivity contribution in [1.82, 2.24) is 0 Å². The molecule has 0 aliphatic heterocycles. The van der Waals surface area contributed by atoms with Crippen LogP contribution in [0.15, 0.2) is 11.6 Å². The van der Waals surface area contributed by atoms with Gasteiger partial charge >= 0.3 is 11.9 Å². The van der Waals surface area contributed by atoms with Gasteiger partial charge in [0, 0.05) is 30.1 Å². The van der Waals surface area contributed by atoms with E-state index in [0.717, 1.165) is 5.57 Å². The summed E-state index contributed by atoms with van der Waals surface area (Å²) in [5.74, 6) is -3.94. The monoisotopic (exact) mass is 500 g/mol. The quantitative estimate of drug-likeness (QED) is 0.483. The highest BCUT2D eigenvalue weighted by Gasteiger charge is 2.70. The van der Waals surface area contributed by atoms with Crippen molar-refractivity contribution in [3.63, 3.8) is 0 Å². The molecular formula is C29H40O7. The number of hydrogen-bond donors (Lipinski definition) is 3. The Kier molecular flexibility index (Phi) is 5.35. The summed E-state index contributed by atoms with van der Waals surface area (Å²) in [6, 6.07) is 0. The average Bonchev–Trinajstić information content (AvgIpc) is 2.74. The molecule has 0 amide bonds. The second-order valence-corrected chi connectivity index (χ2v) is 13.9. The molecule has 36 heavy (non-hydrogen) atoms. The predicted molar refractivity (Wildman–Crippen MR) is 131 cm³/mol.